The summed E-state index contributed by atoms with van der Waals surface area (Å²) in [5.74, 6) is -0.0984. The zero-order valence-corrected chi connectivity index (χ0v) is 13.3. The number of hydrogen-bond acceptors (Lipinski definition) is 4. The quantitative estimate of drug-likeness (QED) is 0.616. The lowest BCUT2D eigenvalue weighted by molar-refractivity contribution is -0.116. The first-order chi connectivity index (χ1) is 11.3. The standard InChI is InChI=1S/C18H23N3O2/c19-15-17-5-3-4-16(14-17)6-7-18(22)20-8-1-2-9-21-10-12-23-13-11-21/h3-7,14H,1-2,8-13H2,(H,20,22). The average Bonchev–Trinajstić information content (AvgIpc) is 2.61. The molecule has 2 rings (SSSR count). The van der Waals surface area contributed by atoms with Gasteiger partial charge in [-0.05, 0) is 43.2 Å². The molecule has 1 aromatic carbocycles. The number of benzene rings is 1. The van der Waals surface area contributed by atoms with Gasteiger partial charge in [0, 0.05) is 25.7 Å². The molecule has 1 aliphatic heterocycles. The summed E-state index contributed by atoms with van der Waals surface area (Å²) in [6.45, 7) is 5.43. The van der Waals surface area contributed by atoms with Gasteiger partial charge in [0.1, 0.15) is 0 Å². The number of nitrogens with zero attached hydrogens (tertiary/aromatic N) is 2. The fraction of sp³-hybridized carbons (Fsp3) is 0.444. The molecular weight excluding hydrogens is 290 g/mol. The molecule has 1 fully saturated rings. The number of nitrogens with one attached hydrogen (secondary N) is 1. The van der Waals surface area contributed by atoms with Crippen LogP contribution in [0, 0.1) is 11.3 Å². The molecule has 1 aromatic rings. The van der Waals surface area contributed by atoms with Gasteiger partial charge in [0.15, 0.2) is 0 Å². The van der Waals surface area contributed by atoms with Crippen molar-refractivity contribution in [3.8, 4) is 6.07 Å². The normalized spacial score (nSPS) is 15.4. The molecule has 23 heavy (non-hydrogen) atoms. The molecule has 0 bridgehead atoms. The van der Waals surface area contributed by atoms with Crippen LogP contribution in [0.5, 0.6) is 0 Å². The molecule has 1 aliphatic rings. The van der Waals surface area contributed by atoms with Gasteiger partial charge in [-0.25, -0.2) is 0 Å². The van der Waals surface area contributed by atoms with E-state index >= 15 is 0 Å². The Morgan fingerprint density at radius 2 is 2.17 bits per heavy atom. The van der Waals surface area contributed by atoms with Crippen molar-refractivity contribution in [2.45, 2.75) is 12.8 Å². The molecule has 0 aromatic heterocycles. The van der Waals surface area contributed by atoms with E-state index in [-0.39, 0.29) is 5.91 Å². The third kappa shape index (κ3) is 6.64. The Hall–Kier alpha value is -2.16. The minimum absolute atomic E-state index is 0.0984. The maximum atomic E-state index is 11.7. The van der Waals surface area contributed by atoms with Crippen molar-refractivity contribution < 1.29 is 9.53 Å². The highest BCUT2D eigenvalue weighted by Crippen LogP contribution is 2.05. The summed E-state index contributed by atoms with van der Waals surface area (Å²) in [6.07, 6.45) is 5.29. The van der Waals surface area contributed by atoms with Gasteiger partial charge >= 0.3 is 0 Å². The second-order valence-electron chi connectivity index (χ2n) is 5.52. The van der Waals surface area contributed by atoms with Crippen molar-refractivity contribution in [2.24, 2.45) is 0 Å². The molecule has 1 heterocycles. The predicted molar refractivity (Wildman–Crippen MR) is 89.7 cm³/mol. The molecule has 1 saturated heterocycles. The summed E-state index contributed by atoms with van der Waals surface area (Å²) in [5.41, 5.74) is 1.45. The highest BCUT2D eigenvalue weighted by atomic mass is 16.5. The van der Waals surface area contributed by atoms with Gasteiger partial charge in [0.05, 0.1) is 24.8 Å². The number of unbranched alkanes of at least 4 members (excludes halogenated alkanes) is 1. The molecule has 0 radical (unpaired) electrons. The van der Waals surface area contributed by atoms with Gasteiger partial charge in [0.25, 0.3) is 0 Å². The van der Waals surface area contributed by atoms with Crippen molar-refractivity contribution in [2.75, 3.05) is 39.4 Å². The number of carbonyl (C=O) groups is 1. The number of hydrogen-bond donors (Lipinski definition) is 1. The summed E-state index contributed by atoms with van der Waals surface area (Å²) < 4.78 is 5.31. The number of ether oxygens (including phenoxy) is 1. The van der Waals surface area contributed by atoms with Crippen molar-refractivity contribution >= 4 is 12.0 Å². The Kier molecular flexibility index (Phi) is 7.31. The largest absolute Gasteiger partial charge is 0.379 e. The SMILES string of the molecule is N#Cc1cccc(C=CC(=O)NCCCCN2CCOCC2)c1. The average molecular weight is 313 g/mol. The minimum atomic E-state index is -0.0984. The molecule has 5 nitrogen and oxygen atoms in total. The fourth-order valence-electron chi connectivity index (χ4n) is 2.44. The van der Waals surface area contributed by atoms with Gasteiger partial charge in [-0.15, -0.1) is 0 Å². The Labute approximate surface area is 137 Å². The molecular formula is C18H23N3O2. The summed E-state index contributed by atoms with van der Waals surface area (Å²) in [7, 11) is 0. The number of amides is 1. The number of rotatable bonds is 7. The van der Waals surface area contributed by atoms with Crippen molar-refractivity contribution in [3.63, 3.8) is 0 Å². The molecule has 0 atom stereocenters. The van der Waals surface area contributed by atoms with E-state index in [1.54, 1.807) is 18.2 Å². The van der Waals surface area contributed by atoms with E-state index < -0.39 is 0 Å². The highest BCUT2D eigenvalue weighted by molar-refractivity contribution is 5.91. The molecule has 122 valence electrons. The third-order valence-corrected chi connectivity index (χ3v) is 3.75. The van der Waals surface area contributed by atoms with Crippen LogP contribution >= 0.6 is 0 Å². The Morgan fingerprint density at radius 1 is 1.35 bits per heavy atom. The van der Waals surface area contributed by atoms with E-state index in [1.165, 1.54) is 6.08 Å². The van der Waals surface area contributed by atoms with Crippen LogP contribution in [0.4, 0.5) is 0 Å². The van der Waals surface area contributed by atoms with Crippen molar-refractivity contribution in [1.82, 2.24) is 10.2 Å². The second-order valence-corrected chi connectivity index (χ2v) is 5.52. The van der Waals surface area contributed by atoms with E-state index in [0.717, 1.165) is 51.3 Å². The first-order valence-corrected chi connectivity index (χ1v) is 8.04. The maximum absolute atomic E-state index is 11.7. The van der Waals surface area contributed by atoms with Crippen LogP contribution in [0.1, 0.15) is 24.0 Å². The van der Waals surface area contributed by atoms with Crippen LogP contribution in [0.15, 0.2) is 30.3 Å². The first-order valence-electron chi connectivity index (χ1n) is 8.04. The molecule has 1 N–H and O–H groups in total. The molecule has 1 amide bonds. The fourth-order valence-corrected chi connectivity index (χ4v) is 2.44. The van der Waals surface area contributed by atoms with Gasteiger partial charge in [0.2, 0.25) is 5.91 Å². The van der Waals surface area contributed by atoms with E-state index in [0.29, 0.717) is 12.1 Å². The van der Waals surface area contributed by atoms with Crippen LogP contribution in [-0.4, -0.2) is 50.2 Å². The maximum Gasteiger partial charge on any atom is 0.243 e. The highest BCUT2D eigenvalue weighted by Gasteiger charge is 2.08. The number of carbonyl (C=O) groups excluding carboxylic acids is 1. The second kappa shape index (κ2) is 9.78. The van der Waals surface area contributed by atoms with Gasteiger partial charge in [-0.2, -0.15) is 5.26 Å². The number of morpholine rings is 1. The summed E-state index contributed by atoms with van der Waals surface area (Å²) in [6, 6.07) is 9.26. The van der Waals surface area contributed by atoms with E-state index in [1.807, 2.05) is 12.1 Å². The topological polar surface area (TPSA) is 65.4 Å². The predicted octanol–water partition coefficient (Wildman–Crippen LogP) is 1.80. The van der Waals surface area contributed by atoms with Crippen molar-refractivity contribution in [1.29, 1.82) is 5.26 Å². The summed E-state index contributed by atoms with van der Waals surface area (Å²) >= 11 is 0. The van der Waals surface area contributed by atoms with Crippen LogP contribution in [0.3, 0.4) is 0 Å². The summed E-state index contributed by atoms with van der Waals surface area (Å²) in [4.78, 5) is 14.1. The van der Waals surface area contributed by atoms with E-state index in [9.17, 15) is 4.79 Å². The minimum Gasteiger partial charge on any atom is -0.379 e. The van der Waals surface area contributed by atoms with Gasteiger partial charge in [-0.3, -0.25) is 9.69 Å². The lowest BCUT2D eigenvalue weighted by Crippen LogP contribution is -2.37. The lowest BCUT2D eigenvalue weighted by atomic mass is 10.1. The van der Waals surface area contributed by atoms with Crippen molar-refractivity contribution in [3.05, 3.63) is 41.5 Å². The van der Waals surface area contributed by atoms with E-state index in [4.69, 9.17) is 10.00 Å². The molecule has 0 aliphatic carbocycles. The first kappa shape index (κ1) is 17.2. The third-order valence-electron chi connectivity index (χ3n) is 3.75. The Balaban J connectivity index is 1.61. The van der Waals surface area contributed by atoms with Crippen LogP contribution < -0.4 is 5.32 Å². The van der Waals surface area contributed by atoms with Gasteiger partial charge < -0.3 is 10.1 Å². The Morgan fingerprint density at radius 3 is 2.96 bits per heavy atom. The molecule has 0 unspecified atom stereocenters. The molecule has 0 saturated carbocycles. The molecule has 5 heteroatoms. The van der Waals surface area contributed by atoms with Crippen LogP contribution in [0.25, 0.3) is 6.08 Å². The monoisotopic (exact) mass is 313 g/mol. The summed E-state index contributed by atoms with van der Waals surface area (Å²) in [5, 5.41) is 11.7. The van der Waals surface area contributed by atoms with Crippen LogP contribution in [0.2, 0.25) is 0 Å². The molecule has 0 spiro atoms. The smallest absolute Gasteiger partial charge is 0.243 e. The lowest BCUT2D eigenvalue weighted by Gasteiger charge is -2.26. The van der Waals surface area contributed by atoms with E-state index in [2.05, 4.69) is 16.3 Å². The zero-order valence-electron chi connectivity index (χ0n) is 13.3. The Bertz CT molecular complexity index is 572. The number of nitriles is 1. The van der Waals surface area contributed by atoms with Gasteiger partial charge in [-0.1, -0.05) is 12.1 Å². The zero-order chi connectivity index (χ0) is 16.3. The van der Waals surface area contributed by atoms with Crippen LogP contribution in [-0.2, 0) is 9.53 Å².